The molecule has 0 saturated carbocycles. The van der Waals surface area contributed by atoms with Crippen LogP contribution in [0.3, 0.4) is 0 Å². The van der Waals surface area contributed by atoms with Gasteiger partial charge in [-0.2, -0.15) is 0 Å². The standard InChI is InChI=1S/C19H29N3O3/c1-13-10-16(15(3)22(13)17-11-14(2)25-20-17)18(24)21(8-7-9-23)12-19(4,5)6/h10-11,23H,7-9,12H2,1-6H3. The van der Waals surface area contributed by atoms with Gasteiger partial charge >= 0.3 is 0 Å². The van der Waals surface area contributed by atoms with Crippen molar-refractivity contribution in [3.63, 3.8) is 0 Å². The number of aliphatic hydroxyl groups excluding tert-OH is 1. The number of hydrogen-bond donors (Lipinski definition) is 1. The maximum Gasteiger partial charge on any atom is 0.255 e. The van der Waals surface area contributed by atoms with Crippen LogP contribution in [0.15, 0.2) is 16.7 Å². The largest absolute Gasteiger partial charge is 0.396 e. The molecule has 2 heterocycles. The van der Waals surface area contributed by atoms with Crippen molar-refractivity contribution in [2.24, 2.45) is 5.41 Å². The summed E-state index contributed by atoms with van der Waals surface area (Å²) in [5, 5.41) is 13.2. The van der Waals surface area contributed by atoms with E-state index in [0.717, 1.165) is 17.1 Å². The third-order valence-corrected chi connectivity index (χ3v) is 4.04. The lowest BCUT2D eigenvalue weighted by Crippen LogP contribution is -2.39. The first kappa shape index (κ1) is 19.2. The number of rotatable bonds is 6. The van der Waals surface area contributed by atoms with Crippen LogP contribution in [0.4, 0.5) is 0 Å². The molecule has 0 fully saturated rings. The molecule has 6 heteroatoms. The lowest BCUT2D eigenvalue weighted by molar-refractivity contribution is 0.0681. The minimum absolute atomic E-state index is 0.0112. The van der Waals surface area contributed by atoms with Crippen LogP contribution in [0.2, 0.25) is 0 Å². The Morgan fingerprint density at radius 3 is 2.48 bits per heavy atom. The van der Waals surface area contributed by atoms with Crippen LogP contribution < -0.4 is 0 Å². The summed E-state index contributed by atoms with van der Waals surface area (Å²) in [4.78, 5) is 15.0. The number of amides is 1. The number of carbonyl (C=O) groups excluding carboxylic acids is 1. The molecule has 0 aliphatic heterocycles. The monoisotopic (exact) mass is 347 g/mol. The van der Waals surface area contributed by atoms with Gasteiger partial charge in [0, 0.05) is 37.2 Å². The third-order valence-electron chi connectivity index (χ3n) is 4.04. The summed E-state index contributed by atoms with van der Waals surface area (Å²) in [5.74, 6) is 1.40. The van der Waals surface area contributed by atoms with Crippen molar-refractivity contribution < 1.29 is 14.4 Å². The van der Waals surface area contributed by atoms with E-state index in [1.165, 1.54) is 0 Å². The van der Waals surface area contributed by atoms with Crippen molar-refractivity contribution in [1.82, 2.24) is 14.6 Å². The Balaban J connectivity index is 2.36. The summed E-state index contributed by atoms with van der Waals surface area (Å²) >= 11 is 0. The summed E-state index contributed by atoms with van der Waals surface area (Å²) < 4.78 is 7.11. The lowest BCUT2D eigenvalue weighted by Gasteiger charge is -2.30. The zero-order valence-electron chi connectivity index (χ0n) is 16.1. The van der Waals surface area contributed by atoms with Crippen LogP contribution in [-0.4, -0.2) is 45.3 Å². The predicted octanol–water partition coefficient (Wildman–Crippen LogP) is 3.26. The molecule has 1 N–H and O–H groups in total. The fourth-order valence-electron chi connectivity index (χ4n) is 3.05. The van der Waals surface area contributed by atoms with E-state index < -0.39 is 0 Å². The molecule has 0 aliphatic rings. The van der Waals surface area contributed by atoms with Gasteiger partial charge in [-0.25, -0.2) is 0 Å². The molecule has 2 aromatic rings. The summed E-state index contributed by atoms with van der Waals surface area (Å²) in [6.07, 6.45) is 0.572. The minimum Gasteiger partial charge on any atom is -0.396 e. The fraction of sp³-hybridized carbons (Fsp3) is 0.579. The van der Waals surface area contributed by atoms with Crippen molar-refractivity contribution in [3.8, 4) is 5.82 Å². The van der Waals surface area contributed by atoms with Gasteiger partial charge in [-0.15, -0.1) is 0 Å². The zero-order chi connectivity index (χ0) is 18.8. The van der Waals surface area contributed by atoms with Crippen molar-refractivity contribution in [1.29, 1.82) is 0 Å². The molecule has 0 spiro atoms. The topological polar surface area (TPSA) is 71.5 Å². The van der Waals surface area contributed by atoms with Crippen LogP contribution in [-0.2, 0) is 0 Å². The maximum atomic E-state index is 13.1. The van der Waals surface area contributed by atoms with Crippen LogP contribution in [0.5, 0.6) is 0 Å². The van der Waals surface area contributed by atoms with Gasteiger partial charge in [0.25, 0.3) is 5.91 Å². The van der Waals surface area contributed by atoms with Crippen LogP contribution in [0.1, 0.15) is 54.7 Å². The van der Waals surface area contributed by atoms with E-state index in [2.05, 4.69) is 25.9 Å². The Morgan fingerprint density at radius 2 is 1.96 bits per heavy atom. The van der Waals surface area contributed by atoms with Gasteiger partial charge in [0.15, 0.2) is 5.82 Å². The molecular weight excluding hydrogens is 318 g/mol. The first-order valence-corrected chi connectivity index (χ1v) is 8.67. The Kier molecular flexibility index (Phi) is 5.72. The van der Waals surface area contributed by atoms with Crippen molar-refractivity contribution in [3.05, 3.63) is 34.8 Å². The fourth-order valence-corrected chi connectivity index (χ4v) is 3.05. The highest BCUT2D eigenvalue weighted by molar-refractivity contribution is 5.96. The first-order valence-electron chi connectivity index (χ1n) is 8.67. The van der Waals surface area contributed by atoms with E-state index >= 15 is 0 Å². The third kappa shape index (κ3) is 4.51. The van der Waals surface area contributed by atoms with E-state index in [0.29, 0.717) is 30.9 Å². The summed E-state index contributed by atoms with van der Waals surface area (Å²) in [7, 11) is 0. The quantitative estimate of drug-likeness (QED) is 0.870. The molecule has 0 aliphatic carbocycles. The molecule has 0 radical (unpaired) electrons. The van der Waals surface area contributed by atoms with Gasteiger partial charge in [-0.3, -0.25) is 9.36 Å². The second kappa shape index (κ2) is 7.44. The van der Waals surface area contributed by atoms with Gasteiger partial charge < -0.3 is 14.5 Å². The van der Waals surface area contributed by atoms with Gasteiger partial charge in [0.2, 0.25) is 0 Å². The number of nitrogens with zero attached hydrogens (tertiary/aromatic N) is 3. The number of aromatic nitrogens is 2. The molecule has 25 heavy (non-hydrogen) atoms. The smallest absolute Gasteiger partial charge is 0.255 e. The summed E-state index contributed by atoms with van der Waals surface area (Å²) in [6, 6.07) is 3.75. The van der Waals surface area contributed by atoms with Gasteiger partial charge in [0.05, 0.1) is 5.56 Å². The molecule has 0 atom stereocenters. The number of aryl methyl sites for hydroxylation is 2. The SMILES string of the molecule is Cc1cc(-n2c(C)cc(C(=O)N(CCCO)CC(C)(C)C)c2C)no1. The van der Waals surface area contributed by atoms with E-state index in [9.17, 15) is 4.79 Å². The Hall–Kier alpha value is -2.08. The van der Waals surface area contributed by atoms with Gasteiger partial charge in [0.1, 0.15) is 5.76 Å². The molecular formula is C19H29N3O3. The first-order chi connectivity index (χ1) is 11.6. The molecule has 0 unspecified atom stereocenters. The average molecular weight is 347 g/mol. The second-order valence-corrected chi connectivity index (χ2v) is 7.78. The molecule has 0 bridgehead atoms. The normalized spacial score (nSPS) is 11.8. The van der Waals surface area contributed by atoms with Crippen molar-refractivity contribution in [2.75, 3.05) is 19.7 Å². The van der Waals surface area contributed by atoms with E-state index in [1.807, 2.05) is 42.4 Å². The highest BCUT2D eigenvalue weighted by atomic mass is 16.5. The number of carbonyl (C=O) groups is 1. The molecule has 0 aromatic carbocycles. The molecule has 0 saturated heterocycles. The van der Waals surface area contributed by atoms with Crippen LogP contribution >= 0.6 is 0 Å². The van der Waals surface area contributed by atoms with Gasteiger partial charge in [-0.1, -0.05) is 25.9 Å². The summed E-state index contributed by atoms with van der Waals surface area (Å²) in [5.41, 5.74) is 2.44. The molecule has 1 amide bonds. The lowest BCUT2D eigenvalue weighted by atomic mass is 9.95. The van der Waals surface area contributed by atoms with Crippen LogP contribution in [0.25, 0.3) is 5.82 Å². The molecule has 2 rings (SSSR count). The molecule has 138 valence electrons. The van der Waals surface area contributed by atoms with Gasteiger partial charge in [-0.05, 0) is 38.7 Å². The Morgan fingerprint density at radius 1 is 1.28 bits per heavy atom. The zero-order valence-corrected chi connectivity index (χ0v) is 16.1. The Bertz CT molecular complexity index is 738. The van der Waals surface area contributed by atoms with Crippen molar-refractivity contribution in [2.45, 2.75) is 48.0 Å². The van der Waals surface area contributed by atoms with E-state index in [1.54, 1.807) is 0 Å². The van der Waals surface area contributed by atoms with E-state index in [-0.39, 0.29) is 17.9 Å². The molecule has 6 nitrogen and oxygen atoms in total. The second-order valence-electron chi connectivity index (χ2n) is 7.78. The highest BCUT2D eigenvalue weighted by Gasteiger charge is 2.25. The summed E-state index contributed by atoms with van der Waals surface area (Å²) in [6.45, 7) is 13.3. The average Bonchev–Trinajstić information content (AvgIpc) is 3.05. The minimum atomic E-state index is -0.0140. The number of aliphatic hydroxyl groups is 1. The predicted molar refractivity (Wildman–Crippen MR) is 97.1 cm³/mol. The van der Waals surface area contributed by atoms with Crippen LogP contribution in [0, 0.1) is 26.2 Å². The van der Waals surface area contributed by atoms with Crippen molar-refractivity contribution >= 4 is 5.91 Å². The molecule has 2 aromatic heterocycles. The maximum absolute atomic E-state index is 13.1. The van der Waals surface area contributed by atoms with E-state index in [4.69, 9.17) is 9.63 Å². The number of hydrogen-bond acceptors (Lipinski definition) is 4. The Labute approximate surface area is 149 Å². The highest BCUT2D eigenvalue weighted by Crippen LogP contribution is 2.24.